The maximum Gasteiger partial charge on any atom is 0.180 e. The summed E-state index contributed by atoms with van der Waals surface area (Å²) < 4.78 is 15.0. The molecule has 20 heavy (non-hydrogen) atoms. The van der Waals surface area contributed by atoms with Crippen molar-refractivity contribution in [1.29, 1.82) is 0 Å². The molecular formula is C15H18FN3S. The maximum absolute atomic E-state index is 15.0. The number of hydrogen-bond acceptors (Lipinski definition) is 4. The molecule has 2 heterocycles. The molecule has 1 fully saturated rings. The largest absolute Gasteiger partial charge is 0.375 e. The number of piperidine rings is 1. The van der Waals surface area contributed by atoms with Gasteiger partial charge in [0, 0.05) is 30.7 Å². The van der Waals surface area contributed by atoms with Crippen LogP contribution in [0.1, 0.15) is 23.3 Å². The number of aromatic nitrogens is 1. The van der Waals surface area contributed by atoms with Crippen LogP contribution in [0.3, 0.4) is 0 Å². The summed E-state index contributed by atoms with van der Waals surface area (Å²) in [4.78, 5) is 7.47. The molecule has 0 bridgehead atoms. The molecule has 1 aliphatic rings. The second-order valence-electron chi connectivity index (χ2n) is 5.27. The molecule has 3 nitrogen and oxygen atoms in total. The van der Waals surface area contributed by atoms with Gasteiger partial charge >= 0.3 is 0 Å². The van der Waals surface area contributed by atoms with Crippen LogP contribution in [0.5, 0.6) is 0 Å². The van der Waals surface area contributed by atoms with Crippen molar-refractivity contribution in [2.75, 3.05) is 18.8 Å². The lowest BCUT2D eigenvalue weighted by molar-refractivity contribution is 0.0530. The zero-order valence-corrected chi connectivity index (χ0v) is 12.1. The minimum Gasteiger partial charge on any atom is -0.375 e. The average Bonchev–Trinajstić information content (AvgIpc) is 2.88. The molecule has 3 rings (SSSR count). The van der Waals surface area contributed by atoms with Crippen LogP contribution in [0.2, 0.25) is 0 Å². The zero-order chi connectivity index (χ0) is 14.0. The molecule has 106 valence electrons. The molecule has 0 radical (unpaired) electrons. The van der Waals surface area contributed by atoms with Gasteiger partial charge < -0.3 is 5.73 Å². The predicted octanol–water partition coefficient (Wildman–Crippen LogP) is 3.19. The van der Waals surface area contributed by atoms with Crippen molar-refractivity contribution >= 4 is 16.5 Å². The van der Waals surface area contributed by atoms with Crippen LogP contribution in [-0.2, 0) is 12.2 Å². The number of benzene rings is 1. The number of hydrogen-bond donors (Lipinski definition) is 1. The highest BCUT2D eigenvalue weighted by atomic mass is 32.1. The van der Waals surface area contributed by atoms with Crippen molar-refractivity contribution in [2.24, 2.45) is 0 Å². The highest BCUT2D eigenvalue weighted by molar-refractivity contribution is 7.15. The van der Waals surface area contributed by atoms with Gasteiger partial charge in [-0.15, -0.1) is 11.3 Å². The number of anilines is 1. The van der Waals surface area contributed by atoms with E-state index in [4.69, 9.17) is 5.73 Å². The smallest absolute Gasteiger partial charge is 0.180 e. The van der Waals surface area contributed by atoms with Gasteiger partial charge in [-0.1, -0.05) is 30.3 Å². The number of halogens is 1. The summed E-state index contributed by atoms with van der Waals surface area (Å²) in [6.45, 7) is 2.35. The molecule has 0 atom stereocenters. The second kappa shape index (κ2) is 5.50. The summed E-state index contributed by atoms with van der Waals surface area (Å²) in [5.74, 6) is 0. The summed E-state index contributed by atoms with van der Waals surface area (Å²) in [5.41, 5.74) is 5.26. The fraction of sp³-hybridized carbons (Fsp3) is 0.400. The number of nitrogens with zero attached hydrogens (tertiary/aromatic N) is 2. The molecule has 1 aliphatic heterocycles. The number of nitrogens with two attached hydrogens (primary N) is 1. The van der Waals surface area contributed by atoms with Gasteiger partial charge in [-0.25, -0.2) is 9.37 Å². The van der Waals surface area contributed by atoms with E-state index in [1.807, 2.05) is 36.5 Å². The number of nitrogen functional groups attached to an aromatic ring is 1. The lowest BCUT2D eigenvalue weighted by Gasteiger charge is -2.36. The number of alkyl halides is 1. The molecule has 5 heteroatoms. The Morgan fingerprint density at radius 2 is 1.95 bits per heavy atom. The van der Waals surface area contributed by atoms with Gasteiger partial charge in [0.1, 0.15) is 5.67 Å². The minimum atomic E-state index is -1.18. The van der Waals surface area contributed by atoms with Crippen LogP contribution in [0.4, 0.5) is 9.52 Å². The molecule has 0 amide bonds. The summed E-state index contributed by atoms with van der Waals surface area (Å²) in [6.07, 6.45) is 2.91. The maximum atomic E-state index is 15.0. The van der Waals surface area contributed by atoms with Gasteiger partial charge in [0.05, 0.1) is 0 Å². The molecule has 1 aromatic heterocycles. The van der Waals surface area contributed by atoms with Gasteiger partial charge in [-0.05, 0) is 18.4 Å². The minimum absolute atomic E-state index is 0.547. The lowest BCUT2D eigenvalue weighted by Crippen LogP contribution is -2.39. The number of thiazole rings is 1. The van der Waals surface area contributed by atoms with Crippen molar-refractivity contribution < 1.29 is 4.39 Å². The Morgan fingerprint density at radius 1 is 1.25 bits per heavy atom. The Hall–Kier alpha value is -1.46. The lowest BCUT2D eigenvalue weighted by atomic mass is 9.86. The monoisotopic (exact) mass is 291 g/mol. The Kier molecular flexibility index (Phi) is 3.72. The van der Waals surface area contributed by atoms with Gasteiger partial charge in [-0.3, -0.25) is 4.90 Å². The Morgan fingerprint density at radius 3 is 2.55 bits per heavy atom. The molecule has 1 saturated heterocycles. The van der Waals surface area contributed by atoms with Crippen molar-refractivity contribution in [1.82, 2.24) is 9.88 Å². The standard InChI is InChI=1S/C15H18FN3S/c16-15(12-4-2-1-3-5-12)6-8-19(9-7-15)11-13-10-18-14(17)20-13/h1-5,10H,6-9,11H2,(H2,17,18). The first kappa shape index (κ1) is 13.5. The summed E-state index contributed by atoms with van der Waals surface area (Å²) in [7, 11) is 0. The predicted molar refractivity (Wildman–Crippen MR) is 80.3 cm³/mol. The highest BCUT2D eigenvalue weighted by Crippen LogP contribution is 2.37. The van der Waals surface area contributed by atoms with E-state index in [0.29, 0.717) is 18.0 Å². The summed E-state index contributed by atoms with van der Waals surface area (Å²) >= 11 is 1.51. The molecular weight excluding hydrogens is 273 g/mol. The zero-order valence-electron chi connectivity index (χ0n) is 11.3. The van der Waals surface area contributed by atoms with Crippen LogP contribution in [0.15, 0.2) is 36.5 Å². The van der Waals surface area contributed by atoms with Gasteiger partial charge in [0.2, 0.25) is 0 Å². The molecule has 1 aromatic carbocycles. The van der Waals surface area contributed by atoms with E-state index in [-0.39, 0.29) is 0 Å². The van der Waals surface area contributed by atoms with Crippen molar-refractivity contribution in [3.8, 4) is 0 Å². The Bertz CT molecular complexity index is 562. The van der Waals surface area contributed by atoms with Gasteiger partial charge in [0.25, 0.3) is 0 Å². The van der Waals surface area contributed by atoms with E-state index in [2.05, 4.69) is 9.88 Å². The normalized spacial score (nSPS) is 19.1. The fourth-order valence-electron chi connectivity index (χ4n) is 2.71. The number of likely N-dealkylation sites (tertiary alicyclic amines) is 1. The third-order valence-electron chi connectivity index (χ3n) is 3.89. The second-order valence-corrected chi connectivity index (χ2v) is 6.42. The quantitative estimate of drug-likeness (QED) is 0.944. The first-order chi connectivity index (χ1) is 9.66. The summed E-state index contributed by atoms with van der Waals surface area (Å²) in [6, 6.07) is 9.52. The fourth-order valence-corrected chi connectivity index (χ4v) is 3.43. The Balaban J connectivity index is 1.62. The average molecular weight is 291 g/mol. The van der Waals surface area contributed by atoms with E-state index >= 15 is 0 Å². The number of rotatable bonds is 3. The SMILES string of the molecule is Nc1ncc(CN2CCC(F)(c3ccccc3)CC2)s1. The summed E-state index contributed by atoms with van der Waals surface area (Å²) in [5, 5.41) is 0.598. The van der Waals surface area contributed by atoms with Crippen molar-refractivity contribution in [3.63, 3.8) is 0 Å². The third-order valence-corrected chi connectivity index (χ3v) is 4.70. The van der Waals surface area contributed by atoms with Crippen LogP contribution >= 0.6 is 11.3 Å². The Labute approximate surface area is 122 Å². The van der Waals surface area contributed by atoms with E-state index in [1.165, 1.54) is 11.3 Å². The van der Waals surface area contributed by atoms with Crippen molar-refractivity contribution in [3.05, 3.63) is 47.0 Å². The molecule has 2 N–H and O–H groups in total. The van der Waals surface area contributed by atoms with Gasteiger partial charge in [0.15, 0.2) is 5.13 Å². The van der Waals surface area contributed by atoms with Crippen LogP contribution in [0.25, 0.3) is 0 Å². The molecule has 0 saturated carbocycles. The molecule has 2 aromatic rings. The topological polar surface area (TPSA) is 42.1 Å². The van der Waals surface area contributed by atoms with E-state index in [0.717, 1.165) is 30.1 Å². The first-order valence-corrected chi connectivity index (χ1v) is 7.64. The molecule has 0 aliphatic carbocycles. The highest BCUT2D eigenvalue weighted by Gasteiger charge is 2.36. The van der Waals surface area contributed by atoms with Crippen LogP contribution < -0.4 is 5.73 Å². The van der Waals surface area contributed by atoms with Crippen LogP contribution in [-0.4, -0.2) is 23.0 Å². The van der Waals surface area contributed by atoms with E-state index in [9.17, 15) is 4.39 Å². The van der Waals surface area contributed by atoms with Crippen LogP contribution in [0, 0.1) is 0 Å². The first-order valence-electron chi connectivity index (χ1n) is 6.83. The van der Waals surface area contributed by atoms with E-state index in [1.54, 1.807) is 0 Å². The van der Waals surface area contributed by atoms with E-state index < -0.39 is 5.67 Å². The molecule has 0 unspecified atom stereocenters. The molecule has 0 spiro atoms. The van der Waals surface area contributed by atoms with Crippen molar-refractivity contribution in [2.45, 2.75) is 25.1 Å². The third kappa shape index (κ3) is 2.83. The van der Waals surface area contributed by atoms with Gasteiger partial charge in [-0.2, -0.15) is 0 Å².